The molecule has 4 bridgehead atoms. The molecule has 1 aliphatic heterocycles. The van der Waals surface area contributed by atoms with Gasteiger partial charge in [0.25, 0.3) is 5.91 Å². The summed E-state index contributed by atoms with van der Waals surface area (Å²) in [6, 6.07) is 9.01. The first kappa shape index (κ1) is 24.6. The molecule has 0 radical (unpaired) electrons. The molecule has 9 heteroatoms. The minimum atomic E-state index is -0.608. The van der Waals surface area contributed by atoms with Crippen molar-refractivity contribution in [3.05, 3.63) is 30.3 Å². The zero-order chi connectivity index (χ0) is 25.1. The van der Waals surface area contributed by atoms with Gasteiger partial charge in [-0.15, -0.1) is 0 Å². The van der Waals surface area contributed by atoms with Crippen LogP contribution in [0.1, 0.15) is 44.9 Å². The number of rotatable bonds is 7. The van der Waals surface area contributed by atoms with E-state index in [0.29, 0.717) is 32.6 Å². The van der Waals surface area contributed by atoms with Gasteiger partial charge in [0.2, 0.25) is 5.91 Å². The Morgan fingerprint density at radius 1 is 0.861 bits per heavy atom. The van der Waals surface area contributed by atoms with Gasteiger partial charge in [0.1, 0.15) is 6.54 Å². The normalized spacial score (nSPS) is 28.5. The van der Waals surface area contributed by atoms with Crippen LogP contribution in [-0.2, 0) is 19.1 Å². The third kappa shape index (κ3) is 5.82. The number of esters is 1. The van der Waals surface area contributed by atoms with E-state index in [1.54, 1.807) is 9.80 Å². The Morgan fingerprint density at radius 3 is 2.06 bits per heavy atom. The maximum absolute atomic E-state index is 12.6. The lowest BCUT2D eigenvalue weighted by molar-refractivity contribution is -0.152. The molecular formula is C27H36N4O5. The maximum Gasteiger partial charge on any atom is 0.325 e. The number of urea groups is 1. The molecule has 4 amide bonds. The summed E-state index contributed by atoms with van der Waals surface area (Å²) in [5.74, 6) is 1.33. The van der Waals surface area contributed by atoms with Crippen molar-refractivity contribution < 1.29 is 23.9 Å². The number of carbonyl (C=O) groups is 4. The van der Waals surface area contributed by atoms with Crippen LogP contribution in [0.4, 0.5) is 10.5 Å². The van der Waals surface area contributed by atoms with Crippen molar-refractivity contribution in [1.82, 2.24) is 15.1 Å². The van der Waals surface area contributed by atoms with Gasteiger partial charge in [0.05, 0.1) is 0 Å². The second kappa shape index (κ2) is 10.5. The highest BCUT2D eigenvalue weighted by Crippen LogP contribution is 2.61. The smallest absolute Gasteiger partial charge is 0.325 e. The number of piperazine rings is 1. The molecule has 4 saturated carbocycles. The highest BCUT2D eigenvalue weighted by atomic mass is 16.5. The van der Waals surface area contributed by atoms with Gasteiger partial charge < -0.3 is 25.2 Å². The summed E-state index contributed by atoms with van der Waals surface area (Å²) in [5, 5.41) is 5.55. The molecule has 6 rings (SSSR count). The van der Waals surface area contributed by atoms with Crippen molar-refractivity contribution in [2.75, 3.05) is 44.6 Å². The van der Waals surface area contributed by atoms with E-state index in [9.17, 15) is 19.2 Å². The number of hydrogen-bond donors (Lipinski definition) is 2. The van der Waals surface area contributed by atoms with Crippen LogP contribution < -0.4 is 10.6 Å². The van der Waals surface area contributed by atoms with Gasteiger partial charge in [-0.1, -0.05) is 18.2 Å². The number of ether oxygens (including phenoxy) is 1. The highest BCUT2D eigenvalue weighted by Gasteiger charge is 2.51. The average Bonchev–Trinajstić information content (AvgIpc) is 2.85. The molecule has 0 atom stereocenters. The van der Waals surface area contributed by atoms with Gasteiger partial charge in [-0.05, 0) is 73.8 Å². The van der Waals surface area contributed by atoms with E-state index in [1.165, 1.54) is 19.3 Å². The first-order valence-corrected chi connectivity index (χ1v) is 13.2. The molecule has 1 heterocycles. The van der Waals surface area contributed by atoms with Crippen LogP contribution in [0.5, 0.6) is 0 Å². The summed E-state index contributed by atoms with van der Waals surface area (Å²) in [6.07, 6.45) is 7.92. The summed E-state index contributed by atoms with van der Waals surface area (Å²) >= 11 is 0. The number of nitrogens with zero attached hydrogens (tertiary/aromatic N) is 2. The minimum Gasteiger partial charge on any atom is -0.454 e. The predicted octanol–water partition coefficient (Wildman–Crippen LogP) is 2.63. The summed E-state index contributed by atoms with van der Waals surface area (Å²) < 4.78 is 5.12. The fourth-order valence-corrected chi connectivity index (χ4v) is 7.25. The Bertz CT molecular complexity index is 954. The number of para-hydroxylation sites is 1. The van der Waals surface area contributed by atoms with Crippen LogP contribution in [0.15, 0.2) is 30.3 Å². The molecule has 194 valence electrons. The first-order valence-electron chi connectivity index (χ1n) is 13.2. The van der Waals surface area contributed by atoms with Crippen molar-refractivity contribution in [3.63, 3.8) is 0 Å². The lowest BCUT2D eigenvalue weighted by Gasteiger charge is -2.56. The molecule has 4 aliphatic carbocycles. The van der Waals surface area contributed by atoms with E-state index >= 15 is 0 Å². The van der Waals surface area contributed by atoms with Crippen molar-refractivity contribution in [2.24, 2.45) is 23.2 Å². The Hall–Kier alpha value is -3.10. The Balaban J connectivity index is 0.979. The maximum atomic E-state index is 12.6. The zero-order valence-corrected chi connectivity index (χ0v) is 20.7. The summed E-state index contributed by atoms with van der Waals surface area (Å²) in [5.41, 5.74) is 0.844. The topological polar surface area (TPSA) is 108 Å². The molecular weight excluding hydrogens is 460 g/mol. The quantitative estimate of drug-likeness (QED) is 0.565. The Labute approximate surface area is 211 Å². The number of carbonyl (C=O) groups excluding carboxylic acids is 4. The van der Waals surface area contributed by atoms with Crippen molar-refractivity contribution in [2.45, 2.75) is 44.9 Å². The van der Waals surface area contributed by atoms with Crippen LogP contribution >= 0.6 is 0 Å². The molecule has 2 N–H and O–H groups in total. The molecule has 1 aromatic carbocycles. The van der Waals surface area contributed by atoms with E-state index in [4.69, 9.17) is 4.74 Å². The fourth-order valence-electron chi connectivity index (χ4n) is 7.25. The minimum absolute atomic E-state index is 0.0925. The standard InChI is InChI=1S/C27H36N4O5/c32-23(16-27-13-19-10-20(14-27)12-21(11-19)15-27)28-17-25(34)36-18-24(33)30-6-8-31(9-7-30)26(35)29-22-4-2-1-3-5-22/h1-5,19-21H,6-18H2,(H,28,32)(H,29,35). The highest BCUT2D eigenvalue weighted by molar-refractivity contribution is 5.89. The molecule has 0 spiro atoms. The van der Waals surface area contributed by atoms with Crippen molar-refractivity contribution >= 4 is 29.5 Å². The van der Waals surface area contributed by atoms with Crippen molar-refractivity contribution in [3.8, 4) is 0 Å². The molecule has 5 fully saturated rings. The number of hydrogen-bond acceptors (Lipinski definition) is 5. The van der Waals surface area contributed by atoms with Crippen molar-refractivity contribution in [1.29, 1.82) is 0 Å². The van der Waals surface area contributed by atoms with E-state index in [-0.39, 0.29) is 36.4 Å². The van der Waals surface area contributed by atoms with Crippen LogP contribution in [0.2, 0.25) is 0 Å². The summed E-state index contributed by atoms with van der Waals surface area (Å²) in [6.45, 7) is 0.976. The SMILES string of the molecule is O=C(CC12CC3CC(CC(C3)C1)C2)NCC(=O)OCC(=O)N1CCN(C(=O)Nc2ccccc2)CC1. The molecule has 1 aromatic rings. The van der Waals surface area contributed by atoms with Gasteiger partial charge in [-0.25, -0.2) is 4.79 Å². The lowest BCUT2D eigenvalue weighted by atomic mass is 9.49. The van der Waals surface area contributed by atoms with Gasteiger partial charge in [-0.2, -0.15) is 0 Å². The van der Waals surface area contributed by atoms with Crippen LogP contribution in [0, 0.1) is 23.2 Å². The summed E-state index contributed by atoms with van der Waals surface area (Å²) in [7, 11) is 0. The van der Waals surface area contributed by atoms with Crippen LogP contribution in [-0.4, -0.2) is 72.9 Å². The number of anilines is 1. The second-order valence-electron chi connectivity index (χ2n) is 11.2. The second-order valence-corrected chi connectivity index (χ2v) is 11.2. The fraction of sp³-hybridized carbons (Fsp3) is 0.630. The van der Waals surface area contributed by atoms with E-state index in [1.807, 2.05) is 30.3 Å². The Kier molecular flexibility index (Phi) is 7.16. The third-order valence-corrected chi connectivity index (χ3v) is 8.43. The first-order chi connectivity index (χ1) is 17.4. The van der Waals surface area contributed by atoms with E-state index in [2.05, 4.69) is 10.6 Å². The molecule has 5 aliphatic rings. The number of nitrogens with one attached hydrogen (secondary N) is 2. The largest absolute Gasteiger partial charge is 0.454 e. The molecule has 36 heavy (non-hydrogen) atoms. The van der Waals surface area contributed by atoms with Gasteiger partial charge in [0.15, 0.2) is 6.61 Å². The molecule has 0 unspecified atom stereocenters. The Morgan fingerprint density at radius 2 is 1.44 bits per heavy atom. The molecule has 0 aromatic heterocycles. The van der Waals surface area contributed by atoms with Gasteiger partial charge >= 0.3 is 12.0 Å². The summed E-state index contributed by atoms with van der Waals surface area (Å²) in [4.78, 5) is 52.8. The van der Waals surface area contributed by atoms with Gasteiger partial charge in [0, 0.05) is 38.3 Å². The van der Waals surface area contributed by atoms with E-state index in [0.717, 1.165) is 42.7 Å². The molecule has 1 saturated heterocycles. The lowest BCUT2D eigenvalue weighted by Crippen LogP contribution is -2.52. The monoisotopic (exact) mass is 496 g/mol. The van der Waals surface area contributed by atoms with Crippen LogP contribution in [0.3, 0.4) is 0 Å². The average molecular weight is 497 g/mol. The number of amides is 4. The third-order valence-electron chi connectivity index (χ3n) is 8.43. The van der Waals surface area contributed by atoms with Gasteiger partial charge in [-0.3, -0.25) is 14.4 Å². The van der Waals surface area contributed by atoms with E-state index < -0.39 is 5.97 Å². The predicted molar refractivity (Wildman–Crippen MR) is 133 cm³/mol. The zero-order valence-electron chi connectivity index (χ0n) is 20.7. The number of benzene rings is 1. The molecule has 9 nitrogen and oxygen atoms in total. The van der Waals surface area contributed by atoms with Crippen LogP contribution in [0.25, 0.3) is 0 Å².